The maximum Gasteiger partial charge on any atom is 0.0996 e. The molecular weight excluding hydrogens is 114 g/mol. The maximum atomic E-state index is 10.2. The second-order valence-electron chi connectivity index (χ2n) is 2.69. The van der Waals surface area contributed by atoms with Crippen molar-refractivity contribution in [3.63, 3.8) is 0 Å². The molecule has 0 fully saturated rings. The van der Waals surface area contributed by atoms with E-state index in [4.69, 9.17) is 0 Å². The molecule has 0 aromatic carbocycles. The molecule has 0 saturated carbocycles. The van der Waals surface area contributed by atoms with Gasteiger partial charge in [-0.05, 0) is 19.8 Å². The van der Waals surface area contributed by atoms with Crippen molar-refractivity contribution in [2.45, 2.75) is 45.6 Å². The molecule has 0 saturated heterocycles. The lowest BCUT2D eigenvalue weighted by Gasteiger charge is -2.16. The lowest BCUT2D eigenvalue weighted by molar-refractivity contribution is 0.413. The van der Waals surface area contributed by atoms with Crippen LogP contribution in [0.1, 0.15) is 40.0 Å². The van der Waals surface area contributed by atoms with E-state index in [9.17, 15) is 4.91 Å². The maximum absolute atomic E-state index is 10.2. The minimum absolute atomic E-state index is 0.297. The van der Waals surface area contributed by atoms with Crippen LogP contribution in [0.15, 0.2) is 5.18 Å². The number of rotatable bonds is 4. The van der Waals surface area contributed by atoms with E-state index in [0.717, 1.165) is 19.3 Å². The molecule has 0 spiro atoms. The van der Waals surface area contributed by atoms with Crippen molar-refractivity contribution in [3.8, 4) is 0 Å². The van der Waals surface area contributed by atoms with Crippen LogP contribution in [0.25, 0.3) is 0 Å². The van der Waals surface area contributed by atoms with Gasteiger partial charge in [0.15, 0.2) is 0 Å². The van der Waals surface area contributed by atoms with Gasteiger partial charge in [0.1, 0.15) is 0 Å². The van der Waals surface area contributed by atoms with Crippen LogP contribution in [-0.2, 0) is 0 Å². The average Bonchev–Trinajstić information content (AvgIpc) is 1.89. The second kappa shape index (κ2) is 3.59. The third-order valence-corrected chi connectivity index (χ3v) is 1.77. The summed E-state index contributed by atoms with van der Waals surface area (Å²) in [7, 11) is 0. The van der Waals surface area contributed by atoms with E-state index < -0.39 is 0 Å². The Morgan fingerprint density at radius 3 is 2.11 bits per heavy atom. The van der Waals surface area contributed by atoms with Gasteiger partial charge in [-0.25, -0.2) is 0 Å². The summed E-state index contributed by atoms with van der Waals surface area (Å²) in [6.07, 6.45) is 2.80. The first-order valence-corrected chi connectivity index (χ1v) is 3.53. The third kappa shape index (κ3) is 2.59. The van der Waals surface area contributed by atoms with E-state index in [1.165, 1.54) is 0 Å². The highest BCUT2D eigenvalue weighted by Gasteiger charge is 2.20. The molecule has 54 valence electrons. The highest BCUT2D eigenvalue weighted by molar-refractivity contribution is 4.79. The van der Waals surface area contributed by atoms with Gasteiger partial charge < -0.3 is 0 Å². The molecule has 0 heterocycles. The van der Waals surface area contributed by atoms with E-state index in [1.54, 1.807) is 0 Å². The molecule has 0 aliphatic carbocycles. The Morgan fingerprint density at radius 1 is 1.44 bits per heavy atom. The lowest BCUT2D eigenvalue weighted by Crippen LogP contribution is -2.18. The van der Waals surface area contributed by atoms with Crippen molar-refractivity contribution >= 4 is 0 Å². The molecule has 1 unspecified atom stereocenters. The van der Waals surface area contributed by atoms with Gasteiger partial charge in [0, 0.05) is 0 Å². The van der Waals surface area contributed by atoms with Crippen LogP contribution in [-0.4, -0.2) is 5.54 Å². The highest BCUT2D eigenvalue weighted by atomic mass is 16.3. The summed E-state index contributed by atoms with van der Waals surface area (Å²) in [5.41, 5.74) is -0.297. The number of nitrogens with zero attached hydrogens (tertiary/aromatic N) is 1. The van der Waals surface area contributed by atoms with Crippen molar-refractivity contribution < 1.29 is 0 Å². The summed E-state index contributed by atoms with van der Waals surface area (Å²) >= 11 is 0. The number of hydrogen-bond donors (Lipinski definition) is 0. The summed E-state index contributed by atoms with van der Waals surface area (Å²) in [5, 5.41) is 3.08. The van der Waals surface area contributed by atoms with Gasteiger partial charge in [-0.2, -0.15) is 4.91 Å². The van der Waals surface area contributed by atoms with Gasteiger partial charge >= 0.3 is 0 Å². The summed E-state index contributed by atoms with van der Waals surface area (Å²) in [4.78, 5) is 10.2. The van der Waals surface area contributed by atoms with E-state index in [1.807, 2.05) is 13.8 Å². The molecule has 1 atom stereocenters. The molecule has 0 aliphatic heterocycles. The van der Waals surface area contributed by atoms with Crippen LogP contribution in [0.5, 0.6) is 0 Å². The molecule has 0 radical (unpaired) electrons. The lowest BCUT2D eigenvalue weighted by atomic mass is 9.95. The van der Waals surface area contributed by atoms with Crippen LogP contribution in [0.3, 0.4) is 0 Å². The SMILES string of the molecule is CCCC(C)(CC)N=O. The third-order valence-electron chi connectivity index (χ3n) is 1.77. The summed E-state index contributed by atoms with van der Waals surface area (Å²) in [5.74, 6) is 0. The highest BCUT2D eigenvalue weighted by Crippen LogP contribution is 2.20. The topological polar surface area (TPSA) is 29.4 Å². The molecular formula is C7H15NO. The van der Waals surface area contributed by atoms with Crippen molar-refractivity contribution in [1.82, 2.24) is 0 Å². The Hall–Kier alpha value is -0.400. The Balaban J connectivity index is 3.76. The fourth-order valence-corrected chi connectivity index (χ4v) is 0.826. The van der Waals surface area contributed by atoms with Gasteiger partial charge in [0.25, 0.3) is 0 Å². The second-order valence-corrected chi connectivity index (χ2v) is 2.69. The van der Waals surface area contributed by atoms with Crippen LogP contribution < -0.4 is 0 Å². The molecule has 2 heteroatoms. The zero-order valence-electron chi connectivity index (χ0n) is 6.48. The Bertz CT molecular complexity index is 92.9. The van der Waals surface area contributed by atoms with Crippen molar-refractivity contribution in [2.24, 2.45) is 5.18 Å². The zero-order valence-corrected chi connectivity index (χ0v) is 6.48. The molecule has 0 aromatic heterocycles. The number of hydrogen-bond acceptors (Lipinski definition) is 2. The van der Waals surface area contributed by atoms with Gasteiger partial charge in [-0.1, -0.05) is 25.4 Å². The quantitative estimate of drug-likeness (QED) is 0.536. The molecule has 9 heavy (non-hydrogen) atoms. The summed E-state index contributed by atoms with van der Waals surface area (Å²) in [6, 6.07) is 0. The predicted molar refractivity (Wildman–Crippen MR) is 39.4 cm³/mol. The Kier molecular flexibility index (Phi) is 3.43. The van der Waals surface area contributed by atoms with E-state index >= 15 is 0 Å². The van der Waals surface area contributed by atoms with Crippen LogP contribution in [0.4, 0.5) is 0 Å². The van der Waals surface area contributed by atoms with Crippen molar-refractivity contribution in [3.05, 3.63) is 4.91 Å². The van der Waals surface area contributed by atoms with Crippen LogP contribution in [0, 0.1) is 4.91 Å². The smallest absolute Gasteiger partial charge is 0.0996 e. The minimum atomic E-state index is -0.297. The molecule has 2 nitrogen and oxygen atoms in total. The molecule has 0 amide bonds. The van der Waals surface area contributed by atoms with E-state index in [-0.39, 0.29) is 5.54 Å². The average molecular weight is 129 g/mol. The first-order valence-electron chi connectivity index (χ1n) is 3.53. The fourth-order valence-electron chi connectivity index (χ4n) is 0.826. The van der Waals surface area contributed by atoms with Crippen LogP contribution in [0.2, 0.25) is 0 Å². The molecule has 0 bridgehead atoms. The summed E-state index contributed by atoms with van der Waals surface area (Å²) < 4.78 is 0. The normalized spacial score (nSPS) is 16.8. The summed E-state index contributed by atoms with van der Waals surface area (Å²) in [6.45, 7) is 5.97. The first kappa shape index (κ1) is 8.60. The monoisotopic (exact) mass is 129 g/mol. The zero-order chi connectivity index (χ0) is 7.33. The molecule has 0 aliphatic rings. The van der Waals surface area contributed by atoms with Gasteiger partial charge in [-0.3, -0.25) is 0 Å². The Labute approximate surface area is 56.6 Å². The van der Waals surface area contributed by atoms with Gasteiger partial charge in [-0.15, -0.1) is 0 Å². The van der Waals surface area contributed by atoms with Gasteiger partial charge in [0.05, 0.1) is 5.54 Å². The fraction of sp³-hybridized carbons (Fsp3) is 1.00. The molecule has 0 N–H and O–H groups in total. The predicted octanol–water partition coefficient (Wildman–Crippen LogP) is 2.72. The van der Waals surface area contributed by atoms with Crippen molar-refractivity contribution in [2.75, 3.05) is 0 Å². The van der Waals surface area contributed by atoms with Crippen LogP contribution >= 0.6 is 0 Å². The van der Waals surface area contributed by atoms with E-state index in [0.29, 0.717) is 0 Å². The molecule has 0 aromatic rings. The first-order chi connectivity index (χ1) is 4.18. The van der Waals surface area contributed by atoms with E-state index in [2.05, 4.69) is 12.1 Å². The van der Waals surface area contributed by atoms with Crippen molar-refractivity contribution in [1.29, 1.82) is 0 Å². The molecule has 0 rings (SSSR count). The standard InChI is InChI=1S/C7H15NO/c1-4-6-7(3,5-2)8-9/h4-6H2,1-3H3. The minimum Gasteiger partial charge on any atom is -0.150 e. The number of nitroso groups, excluding NO2 is 1. The Morgan fingerprint density at radius 2 is 2.00 bits per heavy atom. The van der Waals surface area contributed by atoms with Gasteiger partial charge in [0.2, 0.25) is 0 Å². The largest absolute Gasteiger partial charge is 0.150 e.